The normalized spacial score (nSPS) is 10.4. The van der Waals surface area contributed by atoms with Gasteiger partial charge in [-0.15, -0.1) is 0 Å². The van der Waals surface area contributed by atoms with Crippen molar-refractivity contribution in [3.8, 4) is 17.2 Å². The van der Waals surface area contributed by atoms with E-state index in [2.05, 4.69) is 16.0 Å². The Morgan fingerprint density at radius 2 is 2.10 bits per heavy atom. The van der Waals surface area contributed by atoms with Gasteiger partial charge in [0.25, 0.3) is 0 Å². The Morgan fingerprint density at radius 3 is 2.80 bits per heavy atom. The van der Waals surface area contributed by atoms with Crippen LogP contribution >= 0.6 is 0 Å². The minimum absolute atomic E-state index is 0.0425. The molecule has 0 bridgehead atoms. The summed E-state index contributed by atoms with van der Waals surface area (Å²) in [5.74, 6) is 0. The van der Waals surface area contributed by atoms with E-state index in [9.17, 15) is 10.4 Å². The fraction of sp³-hybridized carbons (Fsp3) is 0.0625. The molecular weight excluding hydrogens is 250 g/mol. The lowest BCUT2D eigenvalue weighted by atomic mass is 9.97. The van der Waals surface area contributed by atoms with Gasteiger partial charge >= 0.3 is 0 Å². The van der Waals surface area contributed by atoms with E-state index >= 15 is 0 Å². The van der Waals surface area contributed by atoms with Crippen molar-refractivity contribution < 1.29 is 5.11 Å². The van der Waals surface area contributed by atoms with Gasteiger partial charge in [0.15, 0.2) is 0 Å². The highest BCUT2D eigenvalue weighted by Crippen LogP contribution is 2.30. The van der Waals surface area contributed by atoms with Crippen LogP contribution < -0.4 is 0 Å². The minimum Gasteiger partial charge on any atom is -0.392 e. The predicted molar refractivity (Wildman–Crippen MR) is 75.6 cm³/mol. The molecule has 0 saturated carbocycles. The van der Waals surface area contributed by atoms with Crippen molar-refractivity contribution in [1.82, 2.24) is 9.97 Å². The highest BCUT2D eigenvalue weighted by molar-refractivity contribution is 5.97. The van der Waals surface area contributed by atoms with Gasteiger partial charge in [0, 0.05) is 35.1 Å². The number of nitrogens with zero attached hydrogens (tertiary/aromatic N) is 3. The maximum absolute atomic E-state index is 9.31. The molecule has 0 saturated heterocycles. The van der Waals surface area contributed by atoms with Gasteiger partial charge in [0.1, 0.15) is 6.07 Å². The maximum Gasteiger partial charge on any atom is 0.101 e. The Hall–Kier alpha value is -2.77. The summed E-state index contributed by atoms with van der Waals surface area (Å²) in [5, 5.41) is 19.4. The summed E-state index contributed by atoms with van der Waals surface area (Å²) < 4.78 is 0. The van der Waals surface area contributed by atoms with E-state index in [1.165, 1.54) is 0 Å². The van der Waals surface area contributed by atoms with Crippen LogP contribution in [0.5, 0.6) is 0 Å². The van der Waals surface area contributed by atoms with E-state index in [1.54, 1.807) is 18.6 Å². The summed E-state index contributed by atoms with van der Waals surface area (Å²) in [5.41, 5.74) is 3.76. The highest BCUT2D eigenvalue weighted by atomic mass is 16.3. The van der Waals surface area contributed by atoms with E-state index in [0.29, 0.717) is 5.56 Å². The van der Waals surface area contributed by atoms with Gasteiger partial charge in [-0.25, -0.2) is 0 Å². The van der Waals surface area contributed by atoms with Gasteiger partial charge in [-0.3, -0.25) is 9.97 Å². The second-order valence-electron chi connectivity index (χ2n) is 4.41. The number of aliphatic hydroxyl groups is 1. The van der Waals surface area contributed by atoms with Crippen molar-refractivity contribution in [2.24, 2.45) is 0 Å². The largest absolute Gasteiger partial charge is 0.392 e. The zero-order valence-electron chi connectivity index (χ0n) is 10.6. The van der Waals surface area contributed by atoms with Crippen LogP contribution in [0.1, 0.15) is 11.1 Å². The second-order valence-corrected chi connectivity index (χ2v) is 4.41. The summed E-state index contributed by atoms with van der Waals surface area (Å²) in [6.45, 7) is -0.0425. The van der Waals surface area contributed by atoms with Crippen LogP contribution in [0.15, 0.2) is 48.9 Å². The Balaban J connectivity index is 2.40. The topological polar surface area (TPSA) is 69.8 Å². The van der Waals surface area contributed by atoms with Crippen molar-refractivity contribution in [3.63, 3.8) is 0 Å². The van der Waals surface area contributed by atoms with Crippen LogP contribution in [0.2, 0.25) is 0 Å². The molecule has 96 valence electrons. The third-order valence-electron chi connectivity index (χ3n) is 3.19. The monoisotopic (exact) mass is 261 g/mol. The number of rotatable bonds is 2. The van der Waals surface area contributed by atoms with Crippen molar-refractivity contribution in [1.29, 1.82) is 5.26 Å². The van der Waals surface area contributed by atoms with Crippen molar-refractivity contribution in [3.05, 3.63) is 60.0 Å². The number of nitriles is 1. The first-order valence-corrected chi connectivity index (χ1v) is 6.16. The van der Waals surface area contributed by atoms with Crippen molar-refractivity contribution >= 4 is 10.9 Å². The highest BCUT2D eigenvalue weighted by Gasteiger charge is 2.11. The molecule has 2 aromatic heterocycles. The quantitative estimate of drug-likeness (QED) is 0.770. The number of pyridine rings is 2. The van der Waals surface area contributed by atoms with E-state index in [-0.39, 0.29) is 6.61 Å². The molecule has 0 spiro atoms. The Bertz CT molecular complexity index is 807. The zero-order chi connectivity index (χ0) is 13.9. The molecule has 0 atom stereocenters. The molecule has 1 aromatic carbocycles. The Morgan fingerprint density at radius 1 is 1.20 bits per heavy atom. The molecule has 4 heteroatoms. The molecule has 0 aliphatic rings. The lowest BCUT2D eigenvalue weighted by Crippen LogP contribution is -1.92. The van der Waals surface area contributed by atoms with Crippen LogP contribution in [0.25, 0.3) is 22.0 Å². The number of aromatic nitrogens is 2. The number of hydrogen-bond donors (Lipinski definition) is 1. The molecule has 3 rings (SSSR count). The molecule has 0 unspecified atom stereocenters. The molecular formula is C16H11N3O. The van der Waals surface area contributed by atoms with Gasteiger partial charge in [-0.05, 0) is 23.8 Å². The minimum atomic E-state index is -0.0425. The first kappa shape index (κ1) is 12.3. The molecule has 0 fully saturated rings. The molecule has 4 nitrogen and oxygen atoms in total. The molecule has 3 aromatic rings. The summed E-state index contributed by atoms with van der Waals surface area (Å²) in [6, 6.07) is 11.5. The number of aliphatic hydroxyl groups excluding tert-OH is 1. The van der Waals surface area contributed by atoms with Crippen LogP contribution in [-0.4, -0.2) is 15.1 Å². The molecule has 20 heavy (non-hydrogen) atoms. The number of fused-ring (bicyclic) bond motifs is 1. The first-order valence-electron chi connectivity index (χ1n) is 6.16. The van der Waals surface area contributed by atoms with Gasteiger partial charge in [-0.1, -0.05) is 12.1 Å². The molecule has 2 heterocycles. The third-order valence-corrected chi connectivity index (χ3v) is 3.19. The SMILES string of the molecule is N#Cc1cnc2ccc(CO)cc2c1-c1cccnc1. The lowest BCUT2D eigenvalue weighted by Gasteiger charge is -2.09. The van der Waals surface area contributed by atoms with Gasteiger partial charge in [0.05, 0.1) is 17.7 Å². The van der Waals surface area contributed by atoms with E-state index in [1.807, 2.05) is 30.3 Å². The number of benzene rings is 1. The van der Waals surface area contributed by atoms with Crippen molar-refractivity contribution in [2.75, 3.05) is 0 Å². The molecule has 0 aliphatic carbocycles. The van der Waals surface area contributed by atoms with Crippen LogP contribution in [-0.2, 0) is 6.61 Å². The van der Waals surface area contributed by atoms with Crippen molar-refractivity contribution in [2.45, 2.75) is 6.61 Å². The average Bonchev–Trinajstić information content (AvgIpc) is 2.53. The predicted octanol–water partition coefficient (Wildman–Crippen LogP) is 2.66. The van der Waals surface area contributed by atoms with E-state index in [4.69, 9.17) is 0 Å². The molecule has 0 radical (unpaired) electrons. The lowest BCUT2D eigenvalue weighted by molar-refractivity contribution is 0.282. The Labute approximate surface area is 116 Å². The van der Waals surface area contributed by atoms with Crippen LogP contribution in [0.3, 0.4) is 0 Å². The Kier molecular flexibility index (Phi) is 3.12. The molecule has 1 N–H and O–H groups in total. The number of hydrogen-bond acceptors (Lipinski definition) is 4. The summed E-state index contributed by atoms with van der Waals surface area (Å²) in [6.07, 6.45) is 4.99. The zero-order valence-corrected chi connectivity index (χ0v) is 10.6. The summed E-state index contributed by atoms with van der Waals surface area (Å²) >= 11 is 0. The second kappa shape index (κ2) is 5.08. The first-order chi connectivity index (χ1) is 9.83. The smallest absolute Gasteiger partial charge is 0.101 e. The fourth-order valence-electron chi connectivity index (χ4n) is 2.24. The van der Waals surface area contributed by atoms with Crippen LogP contribution in [0.4, 0.5) is 0 Å². The average molecular weight is 261 g/mol. The maximum atomic E-state index is 9.31. The van der Waals surface area contributed by atoms with E-state index < -0.39 is 0 Å². The third kappa shape index (κ3) is 2.00. The van der Waals surface area contributed by atoms with Gasteiger partial charge < -0.3 is 5.11 Å². The van der Waals surface area contributed by atoms with Gasteiger partial charge in [0.2, 0.25) is 0 Å². The molecule has 0 aliphatic heterocycles. The fourth-order valence-corrected chi connectivity index (χ4v) is 2.24. The summed E-state index contributed by atoms with van der Waals surface area (Å²) in [7, 11) is 0. The van der Waals surface area contributed by atoms with E-state index in [0.717, 1.165) is 27.6 Å². The van der Waals surface area contributed by atoms with Crippen LogP contribution in [0, 0.1) is 11.3 Å². The molecule has 0 amide bonds. The summed E-state index contributed by atoms with van der Waals surface area (Å²) in [4.78, 5) is 8.40. The van der Waals surface area contributed by atoms with Gasteiger partial charge in [-0.2, -0.15) is 5.26 Å². The standard InChI is InChI=1S/C16H11N3O/c17-7-13-9-19-15-4-3-11(10-20)6-14(15)16(13)12-2-1-5-18-8-12/h1-6,8-9,20H,10H2.